The molecule has 2 rings (SSSR count). The molecule has 0 amide bonds. The highest BCUT2D eigenvalue weighted by Crippen LogP contribution is 2.29. The van der Waals surface area contributed by atoms with Crippen LogP contribution in [0.15, 0.2) is 21.7 Å². The van der Waals surface area contributed by atoms with Gasteiger partial charge in [0.2, 0.25) is 0 Å². The van der Waals surface area contributed by atoms with E-state index in [1.165, 1.54) is 22.7 Å². The molecule has 0 aliphatic rings. The lowest BCUT2D eigenvalue weighted by molar-refractivity contribution is 0.573. The molecule has 0 unspecified atom stereocenters. The van der Waals surface area contributed by atoms with Gasteiger partial charge in [0.25, 0.3) is 10.0 Å². The van der Waals surface area contributed by atoms with E-state index in [1.807, 2.05) is 39.3 Å². The van der Waals surface area contributed by atoms with Gasteiger partial charge in [0.1, 0.15) is 4.21 Å². The number of hydrogen-bond donors (Lipinski definition) is 2. The summed E-state index contributed by atoms with van der Waals surface area (Å²) in [5, 5.41) is 5.30. The Bertz CT molecular complexity index is 711. The van der Waals surface area contributed by atoms with Gasteiger partial charge >= 0.3 is 0 Å². The molecular formula is C13H19N3O2S3. The SMILES string of the molecule is CNCc1ccc(S(=O)(=O)Nc2nc(C(C)(C)C)cs2)s1. The molecule has 8 heteroatoms. The number of thiophene rings is 1. The Balaban J connectivity index is 2.18. The molecular weight excluding hydrogens is 326 g/mol. The summed E-state index contributed by atoms with van der Waals surface area (Å²) in [5.41, 5.74) is 0.788. The summed E-state index contributed by atoms with van der Waals surface area (Å²) < 4.78 is 27.5. The molecule has 0 aliphatic carbocycles. The number of nitrogens with one attached hydrogen (secondary N) is 2. The Morgan fingerprint density at radius 1 is 1.29 bits per heavy atom. The monoisotopic (exact) mass is 345 g/mol. The van der Waals surface area contributed by atoms with Crippen LogP contribution in [0.25, 0.3) is 0 Å². The zero-order chi connectivity index (χ0) is 15.7. The van der Waals surface area contributed by atoms with Gasteiger partial charge in [0, 0.05) is 22.2 Å². The zero-order valence-electron chi connectivity index (χ0n) is 12.4. The van der Waals surface area contributed by atoms with E-state index in [9.17, 15) is 8.42 Å². The fourth-order valence-electron chi connectivity index (χ4n) is 1.60. The van der Waals surface area contributed by atoms with Gasteiger partial charge in [-0.05, 0) is 19.2 Å². The van der Waals surface area contributed by atoms with Crippen molar-refractivity contribution in [2.75, 3.05) is 11.8 Å². The van der Waals surface area contributed by atoms with Gasteiger partial charge in [0.05, 0.1) is 5.69 Å². The molecule has 2 heterocycles. The van der Waals surface area contributed by atoms with Crippen LogP contribution in [0.5, 0.6) is 0 Å². The first-order chi connectivity index (χ1) is 9.72. The average molecular weight is 346 g/mol. The summed E-state index contributed by atoms with van der Waals surface area (Å²) >= 11 is 2.57. The normalized spacial score (nSPS) is 12.6. The third-order valence-corrected chi connectivity index (χ3v) is 6.55. The van der Waals surface area contributed by atoms with Crippen LogP contribution < -0.4 is 10.0 Å². The Kier molecular flexibility index (Phi) is 4.72. The minimum Gasteiger partial charge on any atom is -0.315 e. The van der Waals surface area contributed by atoms with Crippen molar-refractivity contribution in [2.24, 2.45) is 0 Å². The van der Waals surface area contributed by atoms with Gasteiger partial charge in [-0.3, -0.25) is 4.72 Å². The standard InChI is InChI=1S/C13H19N3O2S3/c1-13(2,3)10-8-19-12(15-10)16-21(17,18)11-6-5-9(20-11)7-14-4/h5-6,8,14H,7H2,1-4H3,(H,15,16). The predicted octanol–water partition coefficient (Wildman–Crippen LogP) is 3.02. The molecule has 2 N–H and O–H groups in total. The van der Waals surface area contributed by atoms with Crippen molar-refractivity contribution >= 4 is 37.8 Å². The fraction of sp³-hybridized carbons (Fsp3) is 0.462. The molecule has 5 nitrogen and oxygen atoms in total. The Labute approximate surface area is 133 Å². The summed E-state index contributed by atoms with van der Waals surface area (Å²) in [4.78, 5) is 5.33. The molecule has 116 valence electrons. The maximum Gasteiger partial charge on any atom is 0.273 e. The lowest BCUT2D eigenvalue weighted by atomic mass is 9.93. The highest BCUT2D eigenvalue weighted by atomic mass is 32.2. The number of thiazole rings is 1. The van der Waals surface area contributed by atoms with Gasteiger partial charge in [-0.1, -0.05) is 20.8 Å². The topological polar surface area (TPSA) is 71.1 Å². The second kappa shape index (κ2) is 6.04. The van der Waals surface area contributed by atoms with E-state index in [2.05, 4.69) is 15.0 Å². The van der Waals surface area contributed by atoms with Crippen LogP contribution in [0.4, 0.5) is 5.13 Å². The van der Waals surface area contributed by atoms with Crippen LogP contribution in [0.2, 0.25) is 0 Å². The van der Waals surface area contributed by atoms with E-state index >= 15 is 0 Å². The van der Waals surface area contributed by atoms with E-state index in [0.717, 1.165) is 10.6 Å². The quantitative estimate of drug-likeness (QED) is 0.874. The highest BCUT2D eigenvalue weighted by molar-refractivity contribution is 7.94. The summed E-state index contributed by atoms with van der Waals surface area (Å²) in [5.74, 6) is 0. The van der Waals surface area contributed by atoms with Crippen LogP contribution >= 0.6 is 22.7 Å². The highest BCUT2D eigenvalue weighted by Gasteiger charge is 2.21. The van der Waals surface area contributed by atoms with Gasteiger partial charge in [-0.2, -0.15) is 0 Å². The molecule has 0 saturated carbocycles. The number of aromatic nitrogens is 1. The molecule has 0 radical (unpaired) electrons. The fourth-order valence-corrected chi connectivity index (χ4v) is 5.16. The first-order valence-corrected chi connectivity index (χ1v) is 9.62. The molecule has 2 aromatic heterocycles. The number of anilines is 1. The smallest absolute Gasteiger partial charge is 0.273 e. The van der Waals surface area contributed by atoms with E-state index in [0.29, 0.717) is 15.9 Å². The van der Waals surface area contributed by atoms with Crippen molar-refractivity contribution in [3.63, 3.8) is 0 Å². The third kappa shape index (κ3) is 4.03. The molecule has 0 aliphatic heterocycles. The Morgan fingerprint density at radius 3 is 2.57 bits per heavy atom. The number of rotatable bonds is 5. The minimum atomic E-state index is -3.55. The number of sulfonamides is 1. The second-order valence-electron chi connectivity index (χ2n) is 5.64. The van der Waals surface area contributed by atoms with Crippen LogP contribution in [0.3, 0.4) is 0 Å². The largest absolute Gasteiger partial charge is 0.315 e. The number of hydrogen-bond acceptors (Lipinski definition) is 6. The molecule has 0 aromatic carbocycles. The van der Waals surface area contributed by atoms with Crippen LogP contribution in [-0.4, -0.2) is 20.4 Å². The van der Waals surface area contributed by atoms with Crippen molar-refractivity contribution in [1.82, 2.24) is 10.3 Å². The lowest BCUT2D eigenvalue weighted by Gasteiger charge is -2.14. The second-order valence-corrected chi connectivity index (χ2v) is 9.58. The molecule has 0 atom stereocenters. The van der Waals surface area contributed by atoms with Crippen LogP contribution in [0.1, 0.15) is 31.3 Å². The Morgan fingerprint density at radius 2 is 2.00 bits per heavy atom. The van der Waals surface area contributed by atoms with Gasteiger partial charge in [-0.15, -0.1) is 22.7 Å². The molecule has 0 saturated heterocycles. The third-order valence-electron chi connectivity index (χ3n) is 2.75. The summed E-state index contributed by atoms with van der Waals surface area (Å²) in [6.07, 6.45) is 0. The van der Waals surface area contributed by atoms with Crippen LogP contribution in [0, 0.1) is 0 Å². The van der Waals surface area contributed by atoms with Crippen LogP contribution in [-0.2, 0) is 22.0 Å². The van der Waals surface area contributed by atoms with Crippen molar-refractivity contribution in [3.8, 4) is 0 Å². The summed E-state index contributed by atoms with van der Waals surface area (Å²) in [7, 11) is -1.73. The van der Waals surface area contributed by atoms with Crippen molar-refractivity contribution < 1.29 is 8.42 Å². The zero-order valence-corrected chi connectivity index (χ0v) is 14.9. The average Bonchev–Trinajstić information content (AvgIpc) is 2.97. The molecule has 0 spiro atoms. The van der Waals surface area contributed by atoms with E-state index < -0.39 is 10.0 Å². The lowest BCUT2D eigenvalue weighted by Crippen LogP contribution is -2.14. The maximum atomic E-state index is 12.3. The van der Waals surface area contributed by atoms with Gasteiger partial charge in [0.15, 0.2) is 5.13 Å². The van der Waals surface area contributed by atoms with Gasteiger partial charge in [-0.25, -0.2) is 13.4 Å². The molecule has 21 heavy (non-hydrogen) atoms. The van der Waals surface area contributed by atoms with Gasteiger partial charge < -0.3 is 5.32 Å². The van der Waals surface area contributed by atoms with E-state index in [-0.39, 0.29) is 5.41 Å². The first kappa shape index (κ1) is 16.4. The predicted molar refractivity (Wildman–Crippen MR) is 88.7 cm³/mol. The first-order valence-electron chi connectivity index (χ1n) is 6.44. The maximum absolute atomic E-state index is 12.3. The minimum absolute atomic E-state index is 0.0942. The number of nitrogens with zero attached hydrogens (tertiary/aromatic N) is 1. The van der Waals surface area contributed by atoms with Crippen molar-refractivity contribution in [2.45, 2.75) is 36.9 Å². The summed E-state index contributed by atoms with van der Waals surface area (Å²) in [6.45, 7) is 6.79. The summed E-state index contributed by atoms with van der Waals surface area (Å²) in [6, 6.07) is 3.44. The van der Waals surface area contributed by atoms with Crippen molar-refractivity contribution in [1.29, 1.82) is 0 Å². The van der Waals surface area contributed by atoms with Crippen molar-refractivity contribution in [3.05, 3.63) is 28.1 Å². The van der Waals surface area contributed by atoms with E-state index in [1.54, 1.807) is 6.07 Å². The molecule has 2 aromatic rings. The Hall–Kier alpha value is -0.960. The molecule has 0 bridgehead atoms. The molecule has 0 fully saturated rings. The van der Waals surface area contributed by atoms with E-state index in [4.69, 9.17) is 0 Å².